The number of anilines is 1. The summed E-state index contributed by atoms with van der Waals surface area (Å²) in [7, 11) is 0. The normalized spacial score (nSPS) is 16.4. The lowest BCUT2D eigenvalue weighted by molar-refractivity contribution is -0.117. The number of hydrogen-bond acceptors (Lipinski definition) is 3. The predicted octanol–water partition coefficient (Wildman–Crippen LogP) is 1.85. The van der Waals surface area contributed by atoms with Crippen molar-refractivity contribution < 1.29 is 14.7 Å². The molecule has 0 radical (unpaired) electrons. The molecular formula is C16H12N2O3. The van der Waals surface area contributed by atoms with Gasteiger partial charge in [0.1, 0.15) is 11.3 Å². The number of aromatic hydroxyl groups is 1. The van der Waals surface area contributed by atoms with Gasteiger partial charge in [-0.05, 0) is 35.9 Å². The first-order valence-corrected chi connectivity index (χ1v) is 6.36. The Morgan fingerprint density at radius 2 is 1.62 bits per heavy atom. The van der Waals surface area contributed by atoms with Gasteiger partial charge in [-0.15, -0.1) is 0 Å². The molecule has 104 valence electrons. The van der Waals surface area contributed by atoms with Gasteiger partial charge >= 0.3 is 0 Å². The molecule has 2 aromatic carbocycles. The van der Waals surface area contributed by atoms with Crippen molar-refractivity contribution in [1.29, 1.82) is 0 Å². The van der Waals surface area contributed by atoms with Crippen LogP contribution in [0.3, 0.4) is 0 Å². The van der Waals surface area contributed by atoms with E-state index in [1.165, 1.54) is 23.2 Å². The van der Waals surface area contributed by atoms with Gasteiger partial charge in [-0.3, -0.25) is 15.0 Å². The zero-order chi connectivity index (χ0) is 14.8. The minimum absolute atomic E-state index is 0.0598. The zero-order valence-corrected chi connectivity index (χ0v) is 11.0. The maximum Gasteiger partial charge on any atom is 0.282 e. The zero-order valence-electron chi connectivity index (χ0n) is 11.0. The van der Waals surface area contributed by atoms with E-state index < -0.39 is 11.8 Å². The third kappa shape index (κ3) is 2.49. The van der Waals surface area contributed by atoms with E-state index in [0.717, 1.165) is 0 Å². The summed E-state index contributed by atoms with van der Waals surface area (Å²) in [5, 5.41) is 10.5. The van der Waals surface area contributed by atoms with Crippen molar-refractivity contribution >= 4 is 23.6 Å². The molecule has 1 aliphatic rings. The third-order valence-corrected chi connectivity index (χ3v) is 3.11. The Hall–Kier alpha value is -3.08. The van der Waals surface area contributed by atoms with Crippen LogP contribution in [0.1, 0.15) is 5.56 Å². The highest BCUT2D eigenvalue weighted by Crippen LogP contribution is 2.21. The molecule has 1 fully saturated rings. The Morgan fingerprint density at radius 1 is 0.952 bits per heavy atom. The van der Waals surface area contributed by atoms with Crippen molar-refractivity contribution in [1.82, 2.24) is 5.43 Å². The maximum absolute atomic E-state index is 12.3. The standard InChI is InChI=1S/C16H12N2O3/c19-13-8-6-11(7-9-13)10-14-15(20)17-18(16(14)21)12-4-2-1-3-5-12/h1-10,19H,(H,17,20). The van der Waals surface area contributed by atoms with Crippen molar-refractivity contribution in [2.24, 2.45) is 0 Å². The summed E-state index contributed by atoms with van der Waals surface area (Å²) in [6.07, 6.45) is 1.50. The number of phenolic OH excluding ortho intramolecular Hbond substituents is 1. The Bertz CT molecular complexity index is 721. The fraction of sp³-hybridized carbons (Fsp3) is 0. The Kier molecular flexibility index (Phi) is 3.16. The number of benzene rings is 2. The van der Waals surface area contributed by atoms with Crippen molar-refractivity contribution in [3.8, 4) is 5.75 Å². The highest BCUT2D eigenvalue weighted by Gasteiger charge is 2.34. The summed E-state index contributed by atoms with van der Waals surface area (Å²) in [4.78, 5) is 24.3. The topological polar surface area (TPSA) is 69.6 Å². The molecule has 21 heavy (non-hydrogen) atoms. The molecule has 3 rings (SSSR count). The molecular weight excluding hydrogens is 268 g/mol. The van der Waals surface area contributed by atoms with Crippen molar-refractivity contribution in [3.63, 3.8) is 0 Å². The molecule has 1 aliphatic heterocycles. The molecule has 0 aliphatic carbocycles. The van der Waals surface area contributed by atoms with E-state index in [1.807, 2.05) is 6.07 Å². The molecule has 0 aromatic heterocycles. The van der Waals surface area contributed by atoms with E-state index in [1.54, 1.807) is 36.4 Å². The van der Waals surface area contributed by atoms with Crippen LogP contribution in [0.5, 0.6) is 5.75 Å². The van der Waals surface area contributed by atoms with Crippen molar-refractivity contribution in [3.05, 3.63) is 65.7 Å². The minimum Gasteiger partial charge on any atom is -0.508 e. The fourth-order valence-electron chi connectivity index (χ4n) is 2.05. The Morgan fingerprint density at radius 3 is 2.29 bits per heavy atom. The van der Waals surface area contributed by atoms with Crippen LogP contribution in [0.25, 0.3) is 6.08 Å². The van der Waals surface area contributed by atoms with Gasteiger partial charge in [-0.1, -0.05) is 30.3 Å². The minimum atomic E-state index is -0.447. The number of rotatable bonds is 2. The van der Waals surface area contributed by atoms with E-state index in [9.17, 15) is 14.7 Å². The van der Waals surface area contributed by atoms with E-state index in [-0.39, 0.29) is 11.3 Å². The van der Waals surface area contributed by atoms with E-state index in [4.69, 9.17) is 0 Å². The average molecular weight is 280 g/mol. The lowest BCUT2D eigenvalue weighted by Crippen LogP contribution is -2.35. The van der Waals surface area contributed by atoms with E-state index in [0.29, 0.717) is 11.3 Å². The average Bonchev–Trinajstić information content (AvgIpc) is 2.78. The fourth-order valence-corrected chi connectivity index (χ4v) is 2.05. The highest BCUT2D eigenvalue weighted by molar-refractivity contribution is 6.31. The summed E-state index contributed by atoms with van der Waals surface area (Å²) in [5.41, 5.74) is 3.86. The van der Waals surface area contributed by atoms with Crippen LogP contribution < -0.4 is 10.4 Å². The van der Waals surface area contributed by atoms with Gasteiger partial charge in [-0.25, -0.2) is 5.01 Å². The summed E-state index contributed by atoms with van der Waals surface area (Å²) in [6.45, 7) is 0. The first kappa shape index (κ1) is 12.9. The quantitative estimate of drug-likeness (QED) is 0.651. The molecule has 0 bridgehead atoms. The van der Waals surface area contributed by atoms with E-state index in [2.05, 4.69) is 5.43 Å². The highest BCUT2D eigenvalue weighted by atomic mass is 16.3. The van der Waals surface area contributed by atoms with Gasteiger partial charge in [0.2, 0.25) is 0 Å². The molecule has 2 aromatic rings. The van der Waals surface area contributed by atoms with Crippen LogP contribution in [0, 0.1) is 0 Å². The first-order chi connectivity index (χ1) is 10.1. The van der Waals surface area contributed by atoms with Gasteiger partial charge in [-0.2, -0.15) is 0 Å². The Balaban J connectivity index is 1.92. The summed E-state index contributed by atoms with van der Waals surface area (Å²) < 4.78 is 0. The SMILES string of the molecule is O=C1NN(c2ccccc2)C(=O)C1=Cc1ccc(O)cc1. The van der Waals surface area contributed by atoms with Gasteiger partial charge in [0.15, 0.2) is 0 Å². The second kappa shape index (κ2) is 5.13. The van der Waals surface area contributed by atoms with Gasteiger partial charge in [0.05, 0.1) is 5.69 Å². The lowest BCUT2D eigenvalue weighted by atomic mass is 10.1. The number of para-hydroxylation sites is 1. The first-order valence-electron chi connectivity index (χ1n) is 6.36. The van der Waals surface area contributed by atoms with Crippen LogP contribution in [0.4, 0.5) is 5.69 Å². The van der Waals surface area contributed by atoms with Crippen molar-refractivity contribution in [2.75, 3.05) is 5.01 Å². The number of carbonyl (C=O) groups is 2. The molecule has 0 atom stereocenters. The molecule has 2 N–H and O–H groups in total. The largest absolute Gasteiger partial charge is 0.508 e. The number of nitrogens with zero attached hydrogens (tertiary/aromatic N) is 1. The molecule has 5 heteroatoms. The van der Waals surface area contributed by atoms with Gasteiger partial charge in [0.25, 0.3) is 11.8 Å². The summed E-state index contributed by atoms with van der Waals surface area (Å²) in [5.74, 6) is -0.721. The molecule has 0 spiro atoms. The number of carbonyl (C=O) groups excluding carboxylic acids is 2. The monoisotopic (exact) mass is 280 g/mol. The third-order valence-electron chi connectivity index (χ3n) is 3.11. The number of hydrazine groups is 1. The molecule has 5 nitrogen and oxygen atoms in total. The smallest absolute Gasteiger partial charge is 0.282 e. The second-order valence-corrected chi connectivity index (χ2v) is 4.57. The van der Waals surface area contributed by atoms with Crippen molar-refractivity contribution in [2.45, 2.75) is 0 Å². The van der Waals surface area contributed by atoms with Crippen LogP contribution in [0.15, 0.2) is 60.2 Å². The van der Waals surface area contributed by atoms with Crippen LogP contribution in [0.2, 0.25) is 0 Å². The van der Waals surface area contributed by atoms with Crippen LogP contribution >= 0.6 is 0 Å². The molecule has 1 heterocycles. The number of amides is 2. The second-order valence-electron chi connectivity index (χ2n) is 4.57. The number of phenols is 1. The molecule has 0 saturated carbocycles. The summed E-state index contributed by atoms with van der Waals surface area (Å²) in [6, 6.07) is 15.1. The predicted molar refractivity (Wildman–Crippen MR) is 78.2 cm³/mol. The number of hydrogen-bond donors (Lipinski definition) is 2. The number of nitrogens with one attached hydrogen (secondary N) is 1. The maximum atomic E-state index is 12.3. The van der Waals surface area contributed by atoms with E-state index >= 15 is 0 Å². The molecule has 2 amide bonds. The Labute approximate surface area is 121 Å². The van der Waals surface area contributed by atoms with Gasteiger partial charge in [0, 0.05) is 0 Å². The summed E-state index contributed by atoms with van der Waals surface area (Å²) >= 11 is 0. The van der Waals surface area contributed by atoms with Gasteiger partial charge < -0.3 is 5.11 Å². The molecule has 1 saturated heterocycles. The lowest BCUT2D eigenvalue weighted by Gasteiger charge is -2.13. The van der Waals surface area contributed by atoms with Crippen LogP contribution in [-0.4, -0.2) is 16.9 Å². The molecule has 0 unspecified atom stereocenters. The van der Waals surface area contributed by atoms with Crippen LogP contribution in [-0.2, 0) is 9.59 Å².